The van der Waals surface area contributed by atoms with Crippen molar-refractivity contribution >= 4 is 12.0 Å². The number of carbonyl (C=O) groups is 2. The molecule has 8 nitrogen and oxygen atoms in total. The molecule has 0 aliphatic carbocycles. The van der Waals surface area contributed by atoms with E-state index in [0.29, 0.717) is 25.1 Å². The van der Waals surface area contributed by atoms with Crippen molar-refractivity contribution in [1.82, 2.24) is 20.4 Å². The van der Waals surface area contributed by atoms with Gasteiger partial charge in [-0.2, -0.15) is 5.26 Å². The first-order valence-corrected chi connectivity index (χ1v) is 13.6. The second kappa shape index (κ2) is 11.1. The van der Waals surface area contributed by atoms with Crippen molar-refractivity contribution in [2.75, 3.05) is 6.54 Å². The fraction of sp³-hybridized carbons (Fsp3) is 0.406. The topological polar surface area (TPSA) is 108 Å². The fourth-order valence-corrected chi connectivity index (χ4v) is 5.07. The van der Waals surface area contributed by atoms with Crippen molar-refractivity contribution in [2.24, 2.45) is 5.41 Å². The minimum atomic E-state index is -0.855. The molecule has 3 aromatic rings. The lowest BCUT2D eigenvalue weighted by Crippen LogP contribution is -2.50. The summed E-state index contributed by atoms with van der Waals surface area (Å²) in [7, 11) is 0. The lowest BCUT2D eigenvalue weighted by molar-refractivity contribution is -0.0770. The molecule has 208 valence electrons. The number of hydrogen-bond acceptors (Lipinski definition) is 6. The summed E-state index contributed by atoms with van der Waals surface area (Å²) in [6, 6.07) is 23.1. The molecule has 1 N–H and O–H groups in total. The molecule has 4 rings (SSSR count). The summed E-state index contributed by atoms with van der Waals surface area (Å²) in [6.07, 6.45) is 0.609. The second-order valence-corrected chi connectivity index (χ2v) is 12.2. The molecule has 1 unspecified atom stereocenters. The molecule has 0 spiro atoms. The number of nitrogens with zero attached hydrogens (tertiary/aromatic N) is 4. The zero-order chi connectivity index (χ0) is 29.1. The van der Waals surface area contributed by atoms with Crippen LogP contribution in [0.3, 0.4) is 0 Å². The monoisotopic (exact) mass is 539 g/mol. The highest BCUT2D eigenvalue weighted by atomic mass is 16.6. The number of hydrogen-bond donors (Lipinski definition) is 1. The van der Waals surface area contributed by atoms with Crippen LogP contribution in [-0.4, -0.2) is 39.2 Å². The van der Waals surface area contributed by atoms with Crippen molar-refractivity contribution in [1.29, 1.82) is 5.26 Å². The van der Waals surface area contributed by atoms with Gasteiger partial charge < -0.3 is 15.0 Å². The molecular formula is C32H37N5O3. The van der Waals surface area contributed by atoms with Crippen LogP contribution in [0, 0.1) is 16.7 Å². The van der Waals surface area contributed by atoms with E-state index in [4.69, 9.17) is 4.74 Å². The Labute approximate surface area is 236 Å². The van der Waals surface area contributed by atoms with Gasteiger partial charge in [0.25, 0.3) is 5.91 Å². The van der Waals surface area contributed by atoms with Crippen LogP contribution in [0.4, 0.5) is 4.79 Å². The van der Waals surface area contributed by atoms with Crippen LogP contribution in [0.5, 0.6) is 0 Å². The van der Waals surface area contributed by atoms with Crippen molar-refractivity contribution in [3.63, 3.8) is 0 Å². The van der Waals surface area contributed by atoms with E-state index in [-0.39, 0.29) is 23.2 Å². The first kappa shape index (κ1) is 28.8. The normalized spacial score (nSPS) is 18.4. The summed E-state index contributed by atoms with van der Waals surface area (Å²) in [5, 5.41) is 20.9. The van der Waals surface area contributed by atoms with E-state index < -0.39 is 17.1 Å². The molecule has 2 atom stereocenters. The van der Waals surface area contributed by atoms with E-state index in [1.54, 1.807) is 17.0 Å². The highest BCUT2D eigenvalue weighted by molar-refractivity contribution is 5.92. The number of nitrogens with one attached hydrogen (secondary N) is 1. The maximum absolute atomic E-state index is 13.4. The Morgan fingerprint density at radius 2 is 1.73 bits per heavy atom. The molecule has 0 radical (unpaired) electrons. The minimum absolute atomic E-state index is 0.214. The van der Waals surface area contributed by atoms with Crippen LogP contribution in [0.1, 0.15) is 82.0 Å². The Hall–Kier alpha value is -4.25. The standard InChI is InChI=1S/C32H37N5O3/c1-22(23-12-14-24(15-13-23)26-16-17-27(36-35-26)28(38)34-30(2,3)4)37-19-18-32(40-29(37)39,20-31(5,6)21-33)25-10-8-7-9-11-25/h7-17,22H,18-20H2,1-6H3,(H,34,38)/t22-,32?/m0/s1. The number of carbonyl (C=O) groups excluding carboxylic acids is 2. The van der Waals surface area contributed by atoms with Gasteiger partial charge in [0, 0.05) is 30.5 Å². The highest BCUT2D eigenvalue weighted by Crippen LogP contribution is 2.44. The van der Waals surface area contributed by atoms with Gasteiger partial charge in [-0.3, -0.25) is 4.79 Å². The maximum atomic E-state index is 13.4. The molecule has 0 saturated carbocycles. The molecule has 40 heavy (non-hydrogen) atoms. The Morgan fingerprint density at radius 3 is 2.27 bits per heavy atom. The maximum Gasteiger partial charge on any atom is 0.411 e. The van der Waals surface area contributed by atoms with Gasteiger partial charge >= 0.3 is 6.09 Å². The summed E-state index contributed by atoms with van der Waals surface area (Å²) in [5.74, 6) is -0.267. The Balaban J connectivity index is 1.48. The Bertz CT molecular complexity index is 1390. The largest absolute Gasteiger partial charge is 0.438 e. The van der Waals surface area contributed by atoms with Crippen LogP contribution >= 0.6 is 0 Å². The zero-order valence-electron chi connectivity index (χ0n) is 24.1. The van der Waals surface area contributed by atoms with E-state index >= 15 is 0 Å². The third-order valence-electron chi connectivity index (χ3n) is 7.15. The Morgan fingerprint density at radius 1 is 1.05 bits per heavy atom. The number of amides is 2. The van der Waals surface area contributed by atoms with Crippen LogP contribution in [0.15, 0.2) is 66.7 Å². The van der Waals surface area contributed by atoms with Crippen molar-refractivity contribution in [3.05, 3.63) is 83.6 Å². The Kier molecular flexibility index (Phi) is 7.97. The first-order chi connectivity index (χ1) is 18.8. The zero-order valence-corrected chi connectivity index (χ0v) is 24.1. The summed E-state index contributed by atoms with van der Waals surface area (Å²) in [5.41, 5.74) is 1.76. The van der Waals surface area contributed by atoms with Crippen LogP contribution in [-0.2, 0) is 10.3 Å². The SMILES string of the molecule is C[C@@H](c1ccc(-c2ccc(C(=O)NC(C)(C)C)nn2)cc1)N1CCC(CC(C)(C)C#N)(c2ccccc2)OC1=O. The van der Waals surface area contributed by atoms with Gasteiger partial charge in [-0.05, 0) is 64.8 Å². The predicted octanol–water partition coefficient (Wildman–Crippen LogP) is 6.41. The number of cyclic esters (lactones) is 1. The lowest BCUT2D eigenvalue weighted by Gasteiger charge is -2.45. The predicted molar refractivity (Wildman–Crippen MR) is 153 cm³/mol. The fourth-order valence-electron chi connectivity index (χ4n) is 5.07. The molecule has 8 heteroatoms. The van der Waals surface area contributed by atoms with E-state index in [1.165, 1.54) is 0 Å². The molecule has 0 bridgehead atoms. The number of rotatable bonds is 7. The first-order valence-electron chi connectivity index (χ1n) is 13.6. The molecule has 1 aliphatic rings. The quantitative estimate of drug-likeness (QED) is 0.372. The third kappa shape index (κ3) is 6.48. The van der Waals surface area contributed by atoms with Crippen molar-refractivity contribution in [2.45, 2.75) is 71.6 Å². The summed E-state index contributed by atoms with van der Waals surface area (Å²) >= 11 is 0. The van der Waals surface area contributed by atoms with E-state index in [1.807, 2.05) is 96.1 Å². The number of ether oxygens (including phenoxy) is 1. The third-order valence-corrected chi connectivity index (χ3v) is 7.15. The number of aromatic nitrogens is 2. The average Bonchev–Trinajstić information content (AvgIpc) is 2.92. The molecule has 2 heterocycles. The molecule has 1 aromatic heterocycles. The van der Waals surface area contributed by atoms with Gasteiger partial charge in [0.1, 0.15) is 5.60 Å². The van der Waals surface area contributed by atoms with Gasteiger partial charge in [0.15, 0.2) is 5.69 Å². The molecule has 1 saturated heterocycles. The van der Waals surface area contributed by atoms with Crippen LogP contribution < -0.4 is 5.32 Å². The molecule has 2 aromatic carbocycles. The van der Waals surface area contributed by atoms with Gasteiger partial charge in [-0.1, -0.05) is 54.6 Å². The lowest BCUT2D eigenvalue weighted by atomic mass is 9.75. The number of benzene rings is 2. The highest BCUT2D eigenvalue weighted by Gasteiger charge is 2.46. The minimum Gasteiger partial charge on any atom is -0.438 e. The van der Waals surface area contributed by atoms with Gasteiger partial charge in [-0.25, -0.2) is 4.79 Å². The molecule has 1 fully saturated rings. The summed E-state index contributed by atoms with van der Waals surface area (Å²) in [4.78, 5) is 27.5. The van der Waals surface area contributed by atoms with Gasteiger partial charge in [0.05, 0.1) is 23.2 Å². The van der Waals surface area contributed by atoms with Crippen LogP contribution in [0.25, 0.3) is 11.3 Å². The second-order valence-electron chi connectivity index (χ2n) is 12.2. The van der Waals surface area contributed by atoms with Crippen molar-refractivity contribution < 1.29 is 14.3 Å². The van der Waals surface area contributed by atoms with Gasteiger partial charge in [-0.15, -0.1) is 10.2 Å². The number of nitriles is 1. The van der Waals surface area contributed by atoms with Crippen molar-refractivity contribution in [3.8, 4) is 17.3 Å². The molecule has 2 amide bonds. The van der Waals surface area contributed by atoms with Crippen LogP contribution in [0.2, 0.25) is 0 Å². The average molecular weight is 540 g/mol. The van der Waals surface area contributed by atoms with E-state index in [2.05, 4.69) is 21.6 Å². The smallest absolute Gasteiger partial charge is 0.411 e. The van der Waals surface area contributed by atoms with E-state index in [0.717, 1.165) is 16.7 Å². The summed E-state index contributed by atoms with van der Waals surface area (Å²) < 4.78 is 6.19. The van der Waals surface area contributed by atoms with E-state index in [9.17, 15) is 14.9 Å². The molecule has 1 aliphatic heterocycles. The van der Waals surface area contributed by atoms with Gasteiger partial charge in [0.2, 0.25) is 0 Å². The molecular weight excluding hydrogens is 502 g/mol. The summed E-state index contributed by atoms with van der Waals surface area (Å²) in [6.45, 7) is 12.0.